The number of hydrogen-bond acceptors (Lipinski definition) is 0. The van der Waals surface area contributed by atoms with Crippen molar-refractivity contribution >= 4 is 56.3 Å². The first-order valence-corrected chi connectivity index (χ1v) is 2.52. The SMILES string of the molecule is ClC(Cl)=C(Cl)Cl.P.[Ni]. The van der Waals surface area contributed by atoms with E-state index in [0.717, 1.165) is 0 Å². The summed E-state index contributed by atoms with van der Waals surface area (Å²) in [5.74, 6) is 0. The molecule has 0 aliphatic heterocycles. The largest absolute Gasteiger partial charge is 0.153 e. The maximum atomic E-state index is 4.99. The van der Waals surface area contributed by atoms with E-state index < -0.39 is 0 Å². The summed E-state index contributed by atoms with van der Waals surface area (Å²) in [4.78, 5) is 0. The van der Waals surface area contributed by atoms with Gasteiger partial charge < -0.3 is 0 Å². The van der Waals surface area contributed by atoms with Gasteiger partial charge >= 0.3 is 0 Å². The zero-order valence-electron chi connectivity index (χ0n) is 3.54. The van der Waals surface area contributed by atoms with Gasteiger partial charge in [0.1, 0.15) is 8.98 Å². The standard InChI is InChI=1S/C2Cl4.Ni.H3P/c3-1(4)2(5)6;;/h;;1H3. The molecule has 1 unspecified atom stereocenters. The Bertz CT molecular complexity index is 64.1. The average molecular weight is 259 g/mol. The van der Waals surface area contributed by atoms with Crippen molar-refractivity contribution in [3.63, 3.8) is 0 Å². The fraction of sp³-hybridized carbons (Fsp3) is 0. The fourth-order valence-electron chi connectivity index (χ4n) is 0. The van der Waals surface area contributed by atoms with Crippen molar-refractivity contribution in [2.75, 3.05) is 0 Å². The second-order valence-corrected chi connectivity index (χ2v) is 2.42. The molecule has 0 aliphatic carbocycles. The van der Waals surface area contributed by atoms with Gasteiger partial charge in [0.05, 0.1) is 0 Å². The summed E-state index contributed by atoms with van der Waals surface area (Å²) >= 11 is 20.0. The summed E-state index contributed by atoms with van der Waals surface area (Å²) in [6.45, 7) is 0. The summed E-state index contributed by atoms with van der Waals surface area (Å²) in [6.07, 6.45) is 0. The van der Waals surface area contributed by atoms with Crippen molar-refractivity contribution in [1.29, 1.82) is 0 Å². The van der Waals surface area contributed by atoms with Crippen LogP contribution in [0.2, 0.25) is 0 Å². The molecule has 8 heavy (non-hydrogen) atoms. The molecule has 0 aromatic heterocycles. The monoisotopic (exact) mass is 256 g/mol. The molecular weight excluding hydrogens is 256 g/mol. The molecule has 0 nitrogen and oxygen atoms in total. The predicted octanol–water partition coefficient (Wildman–Crippen LogP) is 3.12. The number of hydrogen-bond donors (Lipinski definition) is 0. The van der Waals surface area contributed by atoms with E-state index in [0.29, 0.717) is 0 Å². The molecule has 0 fully saturated rings. The molecule has 0 aliphatic rings. The molecule has 1 atom stereocenters. The van der Waals surface area contributed by atoms with Crippen molar-refractivity contribution in [2.45, 2.75) is 0 Å². The number of halogens is 4. The maximum absolute atomic E-state index is 4.99. The number of rotatable bonds is 0. The Kier molecular flexibility index (Phi) is 18.1. The van der Waals surface area contributed by atoms with Gasteiger partial charge in [-0.1, -0.05) is 46.4 Å². The van der Waals surface area contributed by atoms with Crippen LogP contribution in [0.5, 0.6) is 0 Å². The maximum Gasteiger partial charge on any atom is 0.136 e. The van der Waals surface area contributed by atoms with Crippen LogP contribution in [0.3, 0.4) is 0 Å². The molecule has 0 radical (unpaired) electrons. The second-order valence-electron chi connectivity index (χ2n) is 0.521. The van der Waals surface area contributed by atoms with Gasteiger partial charge in [-0.2, -0.15) is 9.90 Å². The predicted molar refractivity (Wildman–Crippen MR) is 41.5 cm³/mol. The Morgan fingerprint density at radius 1 is 0.750 bits per heavy atom. The minimum Gasteiger partial charge on any atom is -0.153 e. The first-order chi connectivity index (χ1) is 2.64. The molecule has 0 N–H and O–H groups in total. The summed E-state index contributed by atoms with van der Waals surface area (Å²) in [6, 6.07) is 0. The third kappa shape index (κ3) is 10.7. The van der Waals surface area contributed by atoms with Gasteiger partial charge in [0, 0.05) is 16.5 Å². The van der Waals surface area contributed by atoms with Gasteiger partial charge in [0.15, 0.2) is 0 Å². The van der Waals surface area contributed by atoms with E-state index >= 15 is 0 Å². The third-order valence-corrected chi connectivity index (χ3v) is 1.29. The Labute approximate surface area is 81.4 Å². The van der Waals surface area contributed by atoms with Crippen molar-refractivity contribution < 1.29 is 16.5 Å². The van der Waals surface area contributed by atoms with E-state index in [2.05, 4.69) is 0 Å². The molecule has 54 valence electrons. The zero-order valence-corrected chi connectivity index (χ0v) is 8.96. The molecule has 0 aromatic carbocycles. The molecule has 0 amide bonds. The van der Waals surface area contributed by atoms with Crippen LogP contribution in [0.4, 0.5) is 0 Å². The zero-order chi connectivity index (χ0) is 5.15. The Hall–Kier alpha value is 1.82. The van der Waals surface area contributed by atoms with Gasteiger partial charge in [0.2, 0.25) is 0 Å². The van der Waals surface area contributed by atoms with Gasteiger partial charge in [0.25, 0.3) is 0 Å². The van der Waals surface area contributed by atoms with E-state index in [1.807, 2.05) is 0 Å². The van der Waals surface area contributed by atoms with Crippen LogP contribution in [0.15, 0.2) is 8.98 Å². The normalized spacial score (nSPS) is 6.00. The fourth-order valence-corrected chi connectivity index (χ4v) is 0. The first-order valence-electron chi connectivity index (χ1n) is 1.01. The second kappa shape index (κ2) is 8.82. The summed E-state index contributed by atoms with van der Waals surface area (Å²) in [5, 5.41) is 0. The Morgan fingerprint density at radius 3 is 0.875 bits per heavy atom. The summed E-state index contributed by atoms with van der Waals surface area (Å²) < 4.78 is -0.198. The van der Waals surface area contributed by atoms with Crippen molar-refractivity contribution in [1.82, 2.24) is 0 Å². The van der Waals surface area contributed by atoms with Crippen LogP contribution in [0, 0.1) is 0 Å². The first kappa shape index (κ1) is 16.4. The van der Waals surface area contributed by atoms with E-state index in [1.165, 1.54) is 0 Å². The van der Waals surface area contributed by atoms with Crippen LogP contribution in [-0.2, 0) is 16.5 Å². The van der Waals surface area contributed by atoms with Crippen LogP contribution >= 0.6 is 56.3 Å². The minimum absolute atomic E-state index is 0. The van der Waals surface area contributed by atoms with Crippen molar-refractivity contribution in [3.05, 3.63) is 8.98 Å². The van der Waals surface area contributed by atoms with Crippen LogP contribution in [-0.4, -0.2) is 0 Å². The van der Waals surface area contributed by atoms with E-state index in [9.17, 15) is 0 Å². The Morgan fingerprint density at radius 2 is 0.875 bits per heavy atom. The average Bonchev–Trinajstić information content (AvgIpc) is 1.36. The summed E-state index contributed by atoms with van der Waals surface area (Å²) in [7, 11) is 0. The molecule has 0 saturated carbocycles. The quantitative estimate of drug-likeness (QED) is 0.463. The van der Waals surface area contributed by atoms with Crippen molar-refractivity contribution in [2.24, 2.45) is 0 Å². The smallest absolute Gasteiger partial charge is 0.136 e. The van der Waals surface area contributed by atoms with Crippen LogP contribution in [0.1, 0.15) is 0 Å². The molecule has 0 aromatic rings. The third-order valence-electron chi connectivity index (χ3n) is 0.143. The van der Waals surface area contributed by atoms with Crippen molar-refractivity contribution in [3.8, 4) is 0 Å². The van der Waals surface area contributed by atoms with E-state index in [-0.39, 0.29) is 35.4 Å². The van der Waals surface area contributed by atoms with E-state index in [1.54, 1.807) is 0 Å². The molecule has 6 heteroatoms. The Balaban J connectivity index is -0.000000125. The molecule has 0 spiro atoms. The summed E-state index contributed by atoms with van der Waals surface area (Å²) in [5.41, 5.74) is 0. The topological polar surface area (TPSA) is 0 Å². The molecule has 0 bridgehead atoms. The van der Waals surface area contributed by atoms with Gasteiger partial charge in [-0.25, -0.2) is 0 Å². The molecule has 0 heterocycles. The van der Waals surface area contributed by atoms with Crippen LogP contribution in [0.25, 0.3) is 0 Å². The van der Waals surface area contributed by atoms with Gasteiger partial charge in [-0.05, 0) is 0 Å². The minimum atomic E-state index is -0.0988. The van der Waals surface area contributed by atoms with Crippen LogP contribution < -0.4 is 0 Å². The van der Waals surface area contributed by atoms with Gasteiger partial charge in [-0.3, -0.25) is 0 Å². The molecular formula is C2H3Cl4NiP. The molecule has 0 saturated heterocycles. The van der Waals surface area contributed by atoms with E-state index in [4.69, 9.17) is 46.4 Å². The molecule has 0 rings (SSSR count). The van der Waals surface area contributed by atoms with Gasteiger partial charge in [-0.15, -0.1) is 0 Å².